The van der Waals surface area contributed by atoms with Crippen LogP contribution in [0.25, 0.3) is 10.9 Å². The van der Waals surface area contributed by atoms with E-state index >= 15 is 0 Å². The number of amides is 1. The van der Waals surface area contributed by atoms with Gasteiger partial charge < -0.3 is 14.8 Å². The lowest BCUT2D eigenvalue weighted by Gasteiger charge is -2.16. The number of rotatable bonds is 12. The molecule has 0 saturated carbocycles. The highest BCUT2D eigenvalue weighted by atomic mass is 79.9. The molecule has 0 bridgehead atoms. The van der Waals surface area contributed by atoms with Crippen molar-refractivity contribution in [2.24, 2.45) is 5.10 Å². The fourth-order valence-corrected chi connectivity index (χ4v) is 4.54. The normalized spacial score (nSPS) is 11.1. The van der Waals surface area contributed by atoms with Crippen molar-refractivity contribution in [1.29, 1.82) is 0 Å². The van der Waals surface area contributed by atoms with Crippen LogP contribution >= 0.6 is 15.9 Å². The van der Waals surface area contributed by atoms with Crippen LogP contribution in [-0.2, 0) is 17.6 Å². The molecular formula is C31H30BrFN4O4. The van der Waals surface area contributed by atoms with E-state index in [0.29, 0.717) is 58.9 Å². The van der Waals surface area contributed by atoms with Crippen molar-refractivity contribution in [3.63, 3.8) is 0 Å². The molecular weight excluding hydrogens is 591 g/mol. The molecule has 212 valence electrons. The van der Waals surface area contributed by atoms with Crippen LogP contribution in [0.3, 0.4) is 0 Å². The molecule has 0 aliphatic heterocycles. The summed E-state index contributed by atoms with van der Waals surface area (Å²) >= 11 is 3.42. The molecule has 1 aromatic heterocycles. The highest BCUT2D eigenvalue weighted by molar-refractivity contribution is 9.10. The molecule has 4 rings (SSSR count). The average molecular weight is 622 g/mol. The molecule has 0 unspecified atom stereocenters. The van der Waals surface area contributed by atoms with Gasteiger partial charge >= 0.3 is 0 Å². The third-order valence-electron chi connectivity index (χ3n) is 5.97. The molecule has 1 amide bonds. The summed E-state index contributed by atoms with van der Waals surface area (Å²) < 4.78 is 27.0. The summed E-state index contributed by atoms with van der Waals surface area (Å²) in [7, 11) is 0. The Labute approximate surface area is 245 Å². The van der Waals surface area contributed by atoms with Crippen molar-refractivity contribution in [2.45, 2.75) is 33.1 Å². The molecule has 41 heavy (non-hydrogen) atoms. The Morgan fingerprint density at radius 3 is 2.63 bits per heavy atom. The van der Waals surface area contributed by atoms with E-state index in [2.05, 4.69) is 37.9 Å². The van der Waals surface area contributed by atoms with Crippen molar-refractivity contribution in [3.8, 4) is 11.5 Å². The minimum atomic E-state index is -0.410. The zero-order valence-corrected chi connectivity index (χ0v) is 24.4. The topological polar surface area (TPSA) is 94.8 Å². The number of benzene rings is 3. The third-order valence-corrected chi connectivity index (χ3v) is 6.46. The molecule has 0 fully saturated rings. The Morgan fingerprint density at radius 1 is 1.15 bits per heavy atom. The molecule has 0 atom stereocenters. The molecule has 8 nitrogen and oxygen atoms in total. The van der Waals surface area contributed by atoms with Gasteiger partial charge in [0.05, 0.1) is 23.7 Å². The van der Waals surface area contributed by atoms with Crippen LogP contribution in [0, 0.1) is 5.82 Å². The lowest BCUT2D eigenvalue weighted by atomic mass is 10.1. The Kier molecular flexibility index (Phi) is 10.0. The molecule has 10 heteroatoms. The SMILES string of the molecule is C=CCc1cc(C=Nn2c(CCC)nc3ccc(Br)cc3c2=O)cc(OCC)c1OCC(=O)Nc1ccc(F)cc1. The van der Waals surface area contributed by atoms with Gasteiger partial charge in [-0.15, -0.1) is 6.58 Å². The lowest BCUT2D eigenvalue weighted by Crippen LogP contribution is -2.22. The molecule has 0 saturated heterocycles. The number of aromatic nitrogens is 2. The van der Waals surface area contributed by atoms with Gasteiger partial charge in [0.2, 0.25) is 0 Å². The summed E-state index contributed by atoms with van der Waals surface area (Å²) in [6.07, 6.45) is 5.10. The zero-order valence-electron chi connectivity index (χ0n) is 22.8. The number of carbonyl (C=O) groups excluding carboxylic acids is 1. The van der Waals surface area contributed by atoms with Crippen LogP contribution < -0.4 is 20.3 Å². The number of anilines is 1. The number of aryl methyl sites for hydroxylation is 1. The van der Waals surface area contributed by atoms with Crippen molar-refractivity contribution in [1.82, 2.24) is 9.66 Å². The number of carbonyl (C=O) groups is 1. The molecule has 4 aromatic rings. The number of ether oxygens (including phenoxy) is 2. The van der Waals surface area contributed by atoms with Gasteiger partial charge in [0.25, 0.3) is 11.5 Å². The largest absolute Gasteiger partial charge is 0.490 e. The van der Waals surface area contributed by atoms with E-state index in [1.54, 1.807) is 24.4 Å². The maximum Gasteiger partial charge on any atom is 0.282 e. The van der Waals surface area contributed by atoms with Crippen LogP contribution in [0.5, 0.6) is 11.5 Å². The van der Waals surface area contributed by atoms with E-state index in [4.69, 9.17) is 9.47 Å². The summed E-state index contributed by atoms with van der Waals surface area (Å²) in [5.41, 5.74) is 2.20. The first-order valence-corrected chi connectivity index (χ1v) is 14.0. The van der Waals surface area contributed by atoms with E-state index in [9.17, 15) is 14.0 Å². The minimum Gasteiger partial charge on any atom is -0.490 e. The zero-order chi connectivity index (χ0) is 29.4. The first-order chi connectivity index (χ1) is 19.8. The van der Waals surface area contributed by atoms with Crippen molar-refractivity contribution < 1.29 is 18.7 Å². The second-order valence-corrected chi connectivity index (χ2v) is 9.99. The van der Waals surface area contributed by atoms with Crippen LogP contribution in [-0.4, -0.2) is 35.0 Å². The predicted octanol–water partition coefficient (Wildman–Crippen LogP) is 6.28. The quantitative estimate of drug-likeness (QED) is 0.149. The third kappa shape index (κ3) is 7.46. The number of fused-ring (bicyclic) bond motifs is 1. The van der Waals surface area contributed by atoms with Gasteiger partial charge in [-0.25, -0.2) is 9.37 Å². The van der Waals surface area contributed by atoms with Gasteiger partial charge in [0, 0.05) is 22.1 Å². The predicted molar refractivity (Wildman–Crippen MR) is 163 cm³/mol. The first kappa shape index (κ1) is 29.7. The van der Waals surface area contributed by atoms with Gasteiger partial charge in [-0.05, 0) is 79.9 Å². The summed E-state index contributed by atoms with van der Waals surface area (Å²) in [5, 5.41) is 7.66. The number of nitrogens with one attached hydrogen (secondary N) is 1. The number of nitrogens with zero attached hydrogens (tertiary/aromatic N) is 3. The first-order valence-electron chi connectivity index (χ1n) is 13.2. The maximum absolute atomic E-state index is 13.4. The standard InChI is InChI=1S/C31H30BrFN4O4/c1-4-7-21-15-20(18-34-37-28(8-5-2)36-26-14-9-22(32)17-25(26)31(37)39)16-27(40-6-3)30(21)41-19-29(38)35-24-12-10-23(33)11-13-24/h4,9-18H,1,5-8,19H2,2-3H3,(H,35,38). The maximum atomic E-state index is 13.4. The van der Waals surface area contributed by atoms with Gasteiger partial charge in [0.1, 0.15) is 11.6 Å². The number of halogens is 2. The Morgan fingerprint density at radius 2 is 1.93 bits per heavy atom. The van der Waals surface area contributed by atoms with Crippen molar-refractivity contribution >= 4 is 44.6 Å². The fraction of sp³-hybridized carbons (Fsp3) is 0.226. The summed E-state index contributed by atoms with van der Waals surface area (Å²) in [6, 6.07) is 14.4. The summed E-state index contributed by atoms with van der Waals surface area (Å²) in [6.45, 7) is 7.76. The summed E-state index contributed by atoms with van der Waals surface area (Å²) in [5.74, 6) is 0.582. The summed E-state index contributed by atoms with van der Waals surface area (Å²) in [4.78, 5) is 30.6. The molecule has 0 radical (unpaired) electrons. The van der Waals surface area contributed by atoms with Gasteiger partial charge in [-0.2, -0.15) is 9.78 Å². The second-order valence-electron chi connectivity index (χ2n) is 9.08. The van der Waals surface area contributed by atoms with Gasteiger partial charge in [-0.3, -0.25) is 9.59 Å². The van der Waals surface area contributed by atoms with E-state index in [1.807, 2.05) is 32.0 Å². The van der Waals surface area contributed by atoms with Crippen molar-refractivity contribution in [2.75, 3.05) is 18.5 Å². The Hall–Kier alpha value is -4.31. The van der Waals surface area contributed by atoms with Crippen LogP contribution in [0.4, 0.5) is 10.1 Å². The van der Waals surface area contributed by atoms with Crippen molar-refractivity contribution in [3.05, 3.63) is 105 Å². The molecule has 0 spiro atoms. The number of hydrogen-bond donors (Lipinski definition) is 1. The van der Waals surface area contributed by atoms with Crippen LogP contribution in [0.15, 0.2) is 81.6 Å². The second kappa shape index (κ2) is 13.8. The number of allylic oxidation sites excluding steroid dienone is 1. The smallest absolute Gasteiger partial charge is 0.282 e. The minimum absolute atomic E-state index is 0.264. The molecule has 3 aromatic carbocycles. The highest BCUT2D eigenvalue weighted by Gasteiger charge is 2.16. The van der Waals surface area contributed by atoms with E-state index in [1.165, 1.54) is 28.9 Å². The van der Waals surface area contributed by atoms with E-state index in [0.717, 1.165) is 16.5 Å². The highest BCUT2D eigenvalue weighted by Crippen LogP contribution is 2.34. The van der Waals surface area contributed by atoms with Gasteiger partial charge in [0.15, 0.2) is 18.1 Å². The van der Waals surface area contributed by atoms with Crippen LogP contribution in [0.2, 0.25) is 0 Å². The fourth-order valence-electron chi connectivity index (χ4n) is 4.18. The molecule has 1 heterocycles. The molecule has 0 aliphatic rings. The number of hydrogen-bond acceptors (Lipinski definition) is 6. The Balaban J connectivity index is 1.66. The van der Waals surface area contributed by atoms with Gasteiger partial charge in [-0.1, -0.05) is 28.9 Å². The van der Waals surface area contributed by atoms with Crippen LogP contribution in [0.1, 0.15) is 37.2 Å². The average Bonchev–Trinajstić information content (AvgIpc) is 2.94. The molecule has 0 aliphatic carbocycles. The van der Waals surface area contributed by atoms with E-state index in [-0.39, 0.29) is 12.2 Å². The lowest BCUT2D eigenvalue weighted by molar-refractivity contribution is -0.118. The Bertz CT molecular complexity index is 1650. The molecule has 1 N–H and O–H groups in total. The monoisotopic (exact) mass is 620 g/mol. The van der Waals surface area contributed by atoms with E-state index < -0.39 is 11.7 Å².